The van der Waals surface area contributed by atoms with Crippen molar-refractivity contribution in [1.29, 1.82) is 0 Å². The molecule has 0 aliphatic carbocycles. The largest absolute Gasteiger partial charge is 0.416 e. The zero-order chi connectivity index (χ0) is 25.1. The molecule has 1 aliphatic rings. The summed E-state index contributed by atoms with van der Waals surface area (Å²) in [4.78, 5) is 16.4. The van der Waals surface area contributed by atoms with Crippen molar-refractivity contribution in [3.8, 4) is 11.4 Å². The Labute approximate surface area is 208 Å². The smallest absolute Gasteiger partial charge is 0.370 e. The molecule has 2 aromatic heterocycles. The van der Waals surface area contributed by atoms with E-state index < -0.39 is 17.6 Å². The van der Waals surface area contributed by atoms with E-state index in [1.165, 1.54) is 22.1 Å². The lowest BCUT2D eigenvalue weighted by Gasteiger charge is -2.23. The highest BCUT2D eigenvalue weighted by molar-refractivity contribution is 7.10. The minimum atomic E-state index is -4.55. The predicted molar refractivity (Wildman–Crippen MR) is 133 cm³/mol. The van der Waals surface area contributed by atoms with E-state index in [2.05, 4.69) is 20.8 Å². The summed E-state index contributed by atoms with van der Waals surface area (Å²) in [6, 6.07) is 16.2. The van der Waals surface area contributed by atoms with Crippen LogP contribution in [0, 0.1) is 0 Å². The molecule has 1 saturated heterocycles. The number of hydrogen-bond acceptors (Lipinski definition) is 6. The van der Waals surface area contributed by atoms with Crippen molar-refractivity contribution in [2.45, 2.75) is 19.0 Å². The first-order valence-corrected chi connectivity index (χ1v) is 12.1. The van der Waals surface area contributed by atoms with Gasteiger partial charge in [0.05, 0.1) is 16.9 Å². The van der Waals surface area contributed by atoms with E-state index >= 15 is 0 Å². The molecule has 2 aromatic carbocycles. The van der Waals surface area contributed by atoms with Gasteiger partial charge < -0.3 is 10.2 Å². The molecule has 1 N–H and O–H groups in total. The molecule has 36 heavy (non-hydrogen) atoms. The Balaban J connectivity index is 1.57. The van der Waals surface area contributed by atoms with Crippen LogP contribution in [0.3, 0.4) is 0 Å². The quantitative estimate of drug-likeness (QED) is 0.339. The van der Waals surface area contributed by atoms with Gasteiger partial charge in [0.15, 0.2) is 5.82 Å². The number of amides is 1. The zero-order valence-corrected chi connectivity index (χ0v) is 19.8. The Morgan fingerprint density at radius 2 is 1.81 bits per heavy atom. The molecule has 1 fully saturated rings. The first kappa shape index (κ1) is 23.7. The Kier molecular flexibility index (Phi) is 6.55. The Bertz CT molecular complexity index is 1380. The van der Waals surface area contributed by atoms with Crippen molar-refractivity contribution in [3.05, 3.63) is 76.5 Å². The molecule has 0 unspecified atom stereocenters. The predicted octanol–water partition coefficient (Wildman–Crippen LogP) is 5.66. The average Bonchev–Trinajstić information content (AvgIpc) is 3.65. The van der Waals surface area contributed by atoms with Gasteiger partial charge in [-0.2, -0.15) is 17.9 Å². The lowest BCUT2D eigenvalue weighted by atomic mass is 10.1. The lowest BCUT2D eigenvalue weighted by molar-refractivity contribution is -0.137. The monoisotopic (exact) mass is 510 g/mol. The molecule has 1 amide bonds. The van der Waals surface area contributed by atoms with E-state index in [1.54, 1.807) is 18.2 Å². The minimum absolute atomic E-state index is 0.0751. The topological polar surface area (TPSA) is 75.9 Å². The molecular weight excluding hydrogens is 489 g/mol. The number of anilines is 2. The van der Waals surface area contributed by atoms with E-state index in [0.717, 1.165) is 29.9 Å². The summed E-state index contributed by atoms with van der Waals surface area (Å²) in [5, 5.41) is 16.4. The summed E-state index contributed by atoms with van der Waals surface area (Å²) < 4.78 is 41.9. The highest BCUT2D eigenvalue weighted by atomic mass is 32.1. The van der Waals surface area contributed by atoms with E-state index in [1.807, 2.05) is 40.6 Å². The third kappa shape index (κ3) is 5.01. The maximum Gasteiger partial charge on any atom is 0.416 e. The van der Waals surface area contributed by atoms with Gasteiger partial charge in [0.25, 0.3) is 5.91 Å². The molecule has 7 nitrogen and oxygen atoms in total. The number of tetrazole rings is 1. The molecule has 3 heterocycles. The van der Waals surface area contributed by atoms with Gasteiger partial charge in [0.2, 0.25) is 0 Å². The van der Waals surface area contributed by atoms with Crippen molar-refractivity contribution in [3.63, 3.8) is 0 Å². The molecule has 11 heteroatoms. The van der Waals surface area contributed by atoms with Gasteiger partial charge in [-0.25, -0.2) is 0 Å². The average molecular weight is 511 g/mol. The normalized spacial score (nSPS) is 14.3. The van der Waals surface area contributed by atoms with E-state index in [4.69, 9.17) is 0 Å². The van der Waals surface area contributed by atoms with Crippen molar-refractivity contribution in [2.75, 3.05) is 23.3 Å². The molecular formula is C25H21F3N6OS. The Morgan fingerprint density at radius 1 is 1.03 bits per heavy atom. The molecule has 184 valence electrons. The van der Waals surface area contributed by atoms with Gasteiger partial charge in [-0.1, -0.05) is 36.4 Å². The van der Waals surface area contributed by atoms with Crippen molar-refractivity contribution >= 4 is 40.4 Å². The van der Waals surface area contributed by atoms with Crippen LogP contribution < -0.4 is 10.2 Å². The van der Waals surface area contributed by atoms with Crippen LogP contribution in [0.2, 0.25) is 0 Å². The van der Waals surface area contributed by atoms with Gasteiger partial charge in [-0.15, -0.1) is 16.4 Å². The maximum atomic E-state index is 13.7. The van der Waals surface area contributed by atoms with Gasteiger partial charge in [0.1, 0.15) is 5.70 Å². The molecule has 0 bridgehead atoms. The Morgan fingerprint density at radius 3 is 2.50 bits per heavy atom. The second-order valence-electron chi connectivity index (χ2n) is 8.20. The van der Waals surface area contributed by atoms with Crippen LogP contribution in [0.1, 0.15) is 23.3 Å². The summed E-state index contributed by atoms with van der Waals surface area (Å²) in [6.07, 6.45) is -1.06. The molecule has 0 spiro atoms. The van der Waals surface area contributed by atoms with Crippen LogP contribution in [0.4, 0.5) is 24.5 Å². The summed E-state index contributed by atoms with van der Waals surface area (Å²) in [7, 11) is 0. The van der Waals surface area contributed by atoms with Crippen molar-refractivity contribution in [2.24, 2.45) is 0 Å². The molecule has 0 radical (unpaired) electrons. The van der Waals surface area contributed by atoms with Gasteiger partial charge in [0, 0.05) is 23.5 Å². The second-order valence-corrected chi connectivity index (χ2v) is 9.18. The number of halogens is 3. The van der Waals surface area contributed by atoms with Crippen LogP contribution in [-0.2, 0) is 11.0 Å². The second kappa shape index (κ2) is 9.94. The summed E-state index contributed by atoms with van der Waals surface area (Å²) in [5.41, 5.74) is 0.555. The van der Waals surface area contributed by atoms with Gasteiger partial charge in [-0.05, 0) is 59.0 Å². The molecule has 1 aliphatic heterocycles. The fourth-order valence-electron chi connectivity index (χ4n) is 4.08. The number of thiophene rings is 1. The van der Waals surface area contributed by atoms with Crippen molar-refractivity contribution in [1.82, 2.24) is 20.2 Å². The van der Waals surface area contributed by atoms with E-state index in [9.17, 15) is 18.0 Å². The van der Waals surface area contributed by atoms with Gasteiger partial charge >= 0.3 is 6.18 Å². The molecule has 0 saturated carbocycles. The summed E-state index contributed by atoms with van der Waals surface area (Å²) >= 11 is 1.41. The van der Waals surface area contributed by atoms with E-state index in [-0.39, 0.29) is 11.4 Å². The minimum Gasteiger partial charge on any atom is -0.370 e. The van der Waals surface area contributed by atoms with E-state index in [0.29, 0.717) is 30.2 Å². The van der Waals surface area contributed by atoms with Crippen LogP contribution in [0.5, 0.6) is 0 Å². The highest BCUT2D eigenvalue weighted by Crippen LogP contribution is 2.37. The number of carbonyl (C=O) groups is 1. The van der Waals surface area contributed by atoms with Crippen LogP contribution in [-0.4, -0.2) is 39.2 Å². The number of hydrogen-bond donors (Lipinski definition) is 1. The zero-order valence-electron chi connectivity index (χ0n) is 18.9. The number of alkyl halides is 3. The number of rotatable bonds is 6. The molecule has 5 rings (SSSR count). The van der Waals surface area contributed by atoms with Crippen LogP contribution in [0.25, 0.3) is 23.2 Å². The molecule has 0 atom stereocenters. The lowest BCUT2D eigenvalue weighted by Crippen LogP contribution is -2.24. The van der Waals surface area contributed by atoms with Crippen LogP contribution in [0.15, 0.2) is 66.0 Å². The standard InChI is InChI=1S/C25H21F3N6OS/c26-25(27,28)18-10-11-21(33-12-4-5-13-33)20(15-18)29-24(35)22(16-19-9-6-14-36-19)34-23(30-31-32-34)17-7-2-1-3-8-17/h1-3,6-11,14-16H,4-5,12-13H2,(H,29,35). The van der Waals surface area contributed by atoms with Gasteiger partial charge in [-0.3, -0.25) is 4.79 Å². The first-order chi connectivity index (χ1) is 17.4. The third-order valence-electron chi connectivity index (χ3n) is 5.80. The van der Waals surface area contributed by atoms with Crippen LogP contribution >= 0.6 is 11.3 Å². The SMILES string of the molecule is O=C(Nc1cc(C(F)(F)F)ccc1N1CCCC1)C(=Cc1cccs1)n1nnnc1-c1ccccc1. The highest BCUT2D eigenvalue weighted by Gasteiger charge is 2.32. The first-order valence-electron chi connectivity index (χ1n) is 11.3. The number of benzene rings is 2. The third-order valence-corrected chi connectivity index (χ3v) is 6.62. The number of aromatic nitrogens is 4. The Hall–Kier alpha value is -3.99. The number of nitrogens with zero attached hydrogens (tertiary/aromatic N) is 5. The number of nitrogens with one attached hydrogen (secondary N) is 1. The summed E-state index contributed by atoms with van der Waals surface area (Å²) in [5.74, 6) is -0.301. The fourth-order valence-corrected chi connectivity index (χ4v) is 4.73. The number of carbonyl (C=O) groups excluding carboxylic acids is 1. The fraction of sp³-hybridized carbons (Fsp3) is 0.200. The summed E-state index contributed by atoms with van der Waals surface area (Å²) in [6.45, 7) is 1.41. The maximum absolute atomic E-state index is 13.7. The molecule has 4 aromatic rings. The van der Waals surface area contributed by atoms with Crippen molar-refractivity contribution < 1.29 is 18.0 Å².